The second-order valence-corrected chi connectivity index (χ2v) is 4.80. The molecular weight excluding hydrogens is 258 g/mol. The fourth-order valence-corrected chi connectivity index (χ4v) is 2.36. The number of piperazine rings is 1. The predicted molar refractivity (Wildman–Crippen MR) is 77.4 cm³/mol. The van der Waals surface area contributed by atoms with Crippen molar-refractivity contribution >= 4 is 11.6 Å². The molecule has 1 fully saturated rings. The van der Waals surface area contributed by atoms with E-state index in [0.717, 1.165) is 43.4 Å². The highest BCUT2D eigenvalue weighted by molar-refractivity contribution is 5.76. The van der Waals surface area contributed by atoms with Gasteiger partial charge in [0.2, 0.25) is 5.91 Å². The summed E-state index contributed by atoms with van der Waals surface area (Å²) in [6.07, 6.45) is 0. The lowest BCUT2D eigenvalue weighted by atomic mass is 10.2. The molecule has 0 saturated carbocycles. The van der Waals surface area contributed by atoms with Crippen LogP contribution in [0.15, 0.2) is 18.2 Å². The van der Waals surface area contributed by atoms with Gasteiger partial charge in [0.25, 0.3) is 0 Å². The maximum absolute atomic E-state index is 10.9. The third kappa shape index (κ3) is 3.54. The van der Waals surface area contributed by atoms with E-state index in [2.05, 4.69) is 9.80 Å². The lowest BCUT2D eigenvalue weighted by molar-refractivity contribution is -0.119. The third-order valence-corrected chi connectivity index (χ3v) is 3.45. The molecule has 1 aromatic rings. The molecule has 6 nitrogen and oxygen atoms in total. The van der Waals surface area contributed by atoms with Gasteiger partial charge in [-0.3, -0.25) is 9.69 Å². The van der Waals surface area contributed by atoms with Gasteiger partial charge in [0.05, 0.1) is 20.8 Å². The standard InChI is InChI=1S/C14H21N3O3/c1-19-12-7-11(8-13(9-12)20-2)17-5-3-16(4-6-17)10-14(15)18/h7-9H,3-6,10H2,1-2H3,(H2,15,18). The van der Waals surface area contributed by atoms with E-state index in [4.69, 9.17) is 15.2 Å². The van der Waals surface area contributed by atoms with Crippen LogP contribution in [-0.2, 0) is 4.79 Å². The van der Waals surface area contributed by atoms with Crippen LogP contribution in [0.4, 0.5) is 5.69 Å². The van der Waals surface area contributed by atoms with E-state index < -0.39 is 0 Å². The number of ether oxygens (including phenoxy) is 2. The van der Waals surface area contributed by atoms with Crippen LogP contribution >= 0.6 is 0 Å². The van der Waals surface area contributed by atoms with Crippen molar-refractivity contribution in [2.75, 3.05) is 51.8 Å². The van der Waals surface area contributed by atoms with E-state index in [0.29, 0.717) is 6.54 Å². The summed E-state index contributed by atoms with van der Waals surface area (Å²) >= 11 is 0. The molecule has 110 valence electrons. The van der Waals surface area contributed by atoms with E-state index in [9.17, 15) is 4.79 Å². The lowest BCUT2D eigenvalue weighted by Gasteiger charge is -2.35. The minimum Gasteiger partial charge on any atom is -0.497 e. The summed E-state index contributed by atoms with van der Waals surface area (Å²) in [6, 6.07) is 5.84. The maximum atomic E-state index is 10.9. The van der Waals surface area contributed by atoms with Gasteiger partial charge < -0.3 is 20.1 Å². The molecule has 1 amide bonds. The summed E-state index contributed by atoms with van der Waals surface area (Å²) in [5, 5.41) is 0. The topological polar surface area (TPSA) is 68.0 Å². The third-order valence-electron chi connectivity index (χ3n) is 3.45. The molecule has 0 aromatic heterocycles. The van der Waals surface area contributed by atoms with E-state index in [1.165, 1.54) is 0 Å². The number of carbonyl (C=O) groups is 1. The van der Waals surface area contributed by atoms with Crippen molar-refractivity contribution in [3.05, 3.63) is 18.2 Å². The number of amides is 1. The Kier molecular flexibility index (Phi) is 4.68. The molecule has 0 unspecified atom stereocenters. The van der Waals surface area contributed by atoms with Gasteiger partial charge in [-0.15, -0.1) is 0 Å². The highest BCUT2D eigenvalue weighted by atomic mass is 16.5. The van der Waals surface area contributed by atoms with Crippen molar-refractivity contribution in [1.29, 1.82) is 0 Å². The summed E-state index contributed by atoms with van der Waals surface area (Å²) in [6.45, 7) is 3.67. The molecule has 1 aliphatic heterocycles. The molecule has 1 aromatic carbocycles. The average Bonchev–Trinajstić information content (AvgIpc) is 2.46. The van der Waals surface area contributed by atoms with Crippen LogP contribution in [0.25, 0.3) is 0 Å². The minimum absolute atomic E-state index is 0.276. The van der Waals surface area contributed by atoms with Gasteiger partial charge in [-0.25, -0.2) is 0 Å². The summed E-state index contributed by atoms with van der Waals surface area (Å²) in [5.41, 5.74) is 6.29. The highest BCUT2D eigenvalue weighted by Gasteiger charge is 2.19. The maximum Gasteiger partial charge on any atom is 0.231 e. The van der Waals surface area contributed by atoms with Crippen molar-refractivity contribution in [2.45, 2.75) is 0 Å². The molecule has 2 N–H and O–H groups in total. The summed E-state index contributed by atoms with van der Waals surface area (Å²) in [7, 11) is 3.28. The van der Waals surface area contributed by atoms with Crippen LogP contribution < -0.4 is 20.1 Å². The lowest BCUT2D eigenvalue weighted by Crippen LogP contribution is -2.48. The Morgan fingerprint density at radius 3 is 2.10 bits per heavy atom. The largest absolute Gasteiger partial charge is 0.497 e. The molecule has 0 spiro atoms. The van der Waals surface area contributed by atoms with Crippen LogP contribution in [0.5, 0.6) is 11.5 Å². The molecular formula is C14H21N3O3. The fourth-order valence-electron chi connectivity index (χ4n) is 2.36. The Balaban J connectivity index is 2.04. The first-order chi connectivity index (χ1) is 9.62. The summed E-state index contributed by atoms with van der Waals surface area (Å²) < 4.78 is 10.6. The van der Waals surface area contributed by atoms with Crippen molar-refractivity contribution in [2.24, 2.45) is 5.73 Å². The Morgan fingerprint density at radius 2 is 1.65 bits per heavy atom. The van der Waals surface area contributed by atoms with Gasteiger partial charge in [0.1, 0.15) is 11.5 Å². The SMILES string of the molecule is COc1cc(OC)cc(N2CCN(CC(N)=O)CC2)c1. The van der Waals surface area contributed by atoms with Crippen LogP contribution in [0, 0.1) is 0 Å². The zero-order chi connectivity index (χ0) is 14.5. The summed E-state index contributed by atoms with van der Waals surface area (Å²) in [4.78, 5) is 15.2. The van der Waals surface area contributed by atoms with Gasteiger partial charge in [0.15, 0.2) is 0 Å². The van der Waals surface area contributed by atoms with Crippen molar-refractivity contribution < 1.29 is 14.3 Å². The zero-order valence-corrected chi connectivity index (χ0v) is 12.0. The average molecular weight is 279 g/mol. The van der Waals surface area contributed by atoms with Gasteiger partial charge in [0, 0.05) is 50.1 Å². The number of rotatable bonds is 5. The monoisotopic (exact) mass is 279 g/mol. The first-order valence-corrected chi connectivity index (χ1v) is 6.61. The number of hydrogen-bond donors (Lipinski definition) is 1. The number of methoxy groups -OCH3 is 2. The molecule has 0 aliphatic carbocycles. The zero-order valence-electron chi connectivity index (χ0n) is 12.0. The number of nitrogens with zero attached hydrogens (tertiary/aromatic N) is 2. The molecule has 20 heavy (non-hydrogen) atoms. The second kappa shape index (κ2) is 6.47. The van der Waals surface area contributed by atoms with Gasteiger partial charge in [-0.05, 0) is 0 Å². The molecule has 0 radical (unpaired) electrons. The Bertz CT molecular complexity index is 448. The first-order valence-electron chi connectivity index (χ1n) is 6.61. The second-order valence-electron chi connectivity index (χ2n) is 4.80. The Morgan fingerprint density at radius 1 is 1.10 bits per heavy atom. The smallest absolute Gasteiger partial charge is 0.231 e. The van der Waals surface area contributed by atoms with Crippen LogP contribution in [0.1, 0.15) is 0 Å². The number of hydrogen-bond acceptors (Lipinski definition) is 5. The van der Waals surface area contributed by atoms with Crippen molar-refractivity contribution in [1.82, 2.24) is 4.90 Å². The molecule has 0 atom stereocenters. The number of carbonyl (C=O) groups excluding carboxylic acids is 1. The van der Waals surface area contributed by atoms with E-state index in [1.54, 1.807) is 14.2 Å². The van der Waals surface area contributed by atoms with Crippen molar-refractivity contribution in [3.8, 4) is 11.5 Å². The van der Waals surface area contributed by atoms with Gasteiger partial charge in [-0.2, -0.15) is 0 Å². The normalized spacial score (nSPS) is 16.0. The number of primary amides is 1. The number of anilines is 1. The summed E-state index contributed by atoms with van der Waals surface area (Å²) in [5.74, 6) is 1.28. The molecule has 0 bridgehead atoms. The molecule has 1 saturated heterocycles. The van der Waals surface area contributed by atoms with E-state index in [1.807, 2.05) is 18.2 Å². The van der Waals surface area contributed by atoms with Gasteiger partial charge in [-0.1, -0.05) is 0 Å². The number of benzene rings is 1. The first kappa shape index (κ1) is 14.5. The molecule has 2 rings (SSSR count). The van der Waals surface area contributed by atoms with Crippen LogP contribution in [0.2, 0.25) is 0 Å². The quantitative estimate of drug-likeness (QED) is 0.840. The van der Waals surface area contributed by atoms with Gasteiger partial charge >= 0.3 is 0 Å². The van der Waals surface area contributed by atoms with Crippen molar-refractivity contribution in [3.63, 3.8) is 0 Å². The minimum atomic E-state index is -0.276. The van der Waals surface area contributed by atoms with Crippen LogP contribution in [0.3, 0.4) is 0 Å². The molecule has 1 heterocycles. The van der Waals surface area contributed by atoms with E-state index >= 15 is 0 Å². The molecule has 1 aliphatic rings. The fraction of sp³-hybridized carbons (Fsp3) is 0.500. The number of nitrogens with two attached hydrogens (primary N) is 1. The Labute approximate surface area is 119 Å². The van der Waals surface area contributed by atoms with Crippen LogP contribution in [-0.4, -0.2) is 57.8 Å². The Hall–Kier alpha value is -1.95. The highest BCUT2D eigenvalue weighted by Crippen LogP contribution is 2.28. The molecule has 6 heteroatoms. The predicted octanol–water partition coefficient (Wildman–Crippen LogP) is 0.311. The van der Waals surface area contributed by atoms with E-state index in [-0.39, 0.29) is 5.91 Å².